The van der Waals surface area contributed by atoms with Crippen LogP contribution >= 0.6 is 0 Å². The molecule has 1 aromatic heterocycles. The van der Waals surface area contributed by atoms with Crippen LogP contribution in [0.4, 0.5) is 28.8 Å². The summed E-state index contributed by atoms with van der Waals surface area (Å²) in [6, 6.07) is 10.1. The SMILES string of the molecule is COc1cc(Nc2ncc([N+](=O)[O-])c(Nc3ccccc3C(N)=O)n2)cc(C)c1C. The van der Waals surface area contributed by atoms with Crippen LogP contribution in [0.3, 0.4) is 0 Å². The number of carbonyl (C=O) groups excluding carboxylic acids is 1. The van der Waals surface area contributed by atoms with Crippen molar-refractivity contribution in [2.24, 2.45) is 5.73 Å². The zero-order valence-corrected chi connectivity index (χ0v) is 16.6. The first-order chi connectivity index (χ1) is 14.3. The van der Waals surface area contributed by atoms with Gasteiger partial charge in [0.25, 0.3) is 5.91 Å². The number of nitrogens with two attached hydrogens (primary N) is 1. The highest BCUT2D eigenvalue weighted by Gasteiger charge is 2.20. The maximum absolute atomic E-state index is 11.7. The first-order valence-electron chi connectivity index (χ1n) is 8.89. The lowest BCUT2D eigenvalue weighted by molar-refractivity contribution is -0.384. The first-order valence-corrected chi connectivity index (χ1v) is 8.89. The average molecular weight is 408 g/mol. The first kappa shape index (κ1) is 20.5. The molecule has 1 heterocycles. The summed E-state index contributed by atoms with van der Waals surface area (Å²) in [7, 11) is 1.58. The molecule has 0 aliphatic rings. The number of rotatable bonds is 7. The molecule has 0 fully saturated rings. The molecule has 10 nitrogen and oxygen atoms in total. The van der Waals surface area contributed by atoms with E-state index in [1.54, 1.807) is 31.4 Å². The van der Waals surface area contributed by atoms with E-state index in [1.165, 1.54) is 6.07 Å². The summed E-state index contributed by atoms with van der Waals surface area (Å²) in [5, 5.41) is 17.3. The lowest BCUT2D eigenvalue weighted by Crippen LogP contribution is -2.14. The van der Waals surface area contributed by atoms with Crippen molar-refractivity contribution in [2.45, 2.75) is 13.8 Å². The van der Waals surface area contributed by atoms with E-state index in [2.05, 4.69) is 20.6 Å². The van der Waals surface area contributed by atoms with Crippen molar-refractivity contribution in [3.8, 4) is 5.75 Å². The number of hydrogen-bond donors (Lipinski definition) is 3. The molecule has 0 atom stereocenters. The van der Waals surface area contributed by atoms with Crippen LogP contribution in [-0.2, 0) is 0 Å². The molecule has 0 saturated heterocycles. The normalized spacial score (nSPS) is 10.4. The number of primary amides is 1. The predicted octanol–water partition coefficient (Wildman–Crippen LogP) is 3.60. The number of aromatic nitrogens is 2. The lowest BCUT2D eigenvalue weighted by atomic mass is 10.1. The number of methoxy groups -OCH3 is 1. The van der Waals surface area contributed by atoms with Gasteiger partial charge >= 0.3 is 5.69 Å². The molecule has 0 aliphatic carbocycles. The number of amides is 1. The minimum absolute atomic E-state index is 0.0815. The molecule has 0 saturated carbocycles. The molecule has 0 unspecified atom stereocenters. The third-order valence-electron chi connectivity index (χ3n) is 4.51. The number of anilines is 4. The minimum Gasteiger partial charge on any atom is -0.496 e. The minimum atomic E-state index is -0.671. The molecule has 154 valence electrons. The van der Waals surface area contributed by atoms with Gasteiger partial charge in [0.05, 0.1) is 23.3 Å². The number of hydrogen-bond acceptors (Lipinski definition) is 8. The molecular weight excluding hydrogens is 388 g/mol. The highest BCUT2D eigenvalue weighted by Crippen LogP contribution is 2.30. The second-order valence-electron chi connectivity index (χ2n) is 6.46. The van der Waals surface area contributed by atoms with Crippen LogP contribution in [0.25, 0.3) is 0 Å². The quantitative estimate of drug-likeness (QED) is 0.397. The van der Waals surface area contributed by atoms with E-state index >= 15 is 0 Å². The number of carbonyl (C=O) groups is 1. The van der Waals surface area contributed by atoms with E-state index in [-0.39, 0.29) is 23.0 Å². The summed E-state index contributed by atoms with van der Waals surface area (Å²) >= 11 is 0. The fourth-order valence-corrected chi connectivity index (χ4v) is 2.84. The van der Waals surface area contributed by atoms with E-state index in [0.29, 0.717) is 17.1 Å². The number of nitro groups is 1. The Morgan fingerprint density at radius 1 is 1.20 bits per heavy atom. The lowest BCUT2D eigenvalue weighted by Gasteiger charge is -2.13. The Morgan fingerprint density at radius 2 is 1.93 bits per heavy atom. The number of nitrogens with one attached hydrogen (secondary N) is 2. The molecule has 4 N–H and O–H groups in total. The third-order valence-corrected chi connectivity index (χ3v) is 4.51. The standard InChI is InChI=1S/C20H20N6O4/c1-11-8-13(9-17(30-3)12(11)2)23-20-22-10-16(26(28)29)19(25-20)24-15-7-5-4-6-14(15)18(21)27/h4-10H,1-3H3,(H2,21,27)(H2,22,23,24,25). The van der Waals surface area contributed by atoms with Crippen molar-refractivity contribution >= 4 is 34.7 Å². The number of benzene rings is 2. The molecular formula is C20H20N6O4. The van der Waals surface area contributed by atoms with Crippen molar-refractivity contribution in [1.29, 1.82) is 0 Å². The molecule has 3 aromatic rings. The number of nitrogens with zero attached hydrogens (tertiary/aromatic N) is 3. The third kappa shape index (κ3) is 4.27. The summed E-state index contributed by atoms with van der Waals surface area (Å²) in [5.41, 5.74) is 8.16. The summed E-state index contributed by atoms with van der Waals surface area (Å²) in [4.78, 5) is 30.7. The zero-order valence-electron chi connectivity index (χ0n) is 16.6. The topological polar surface area (TPSA) is 145 Å². The van der Waals surface area contributed by atoms with Gasteiger partial charge in [-0.05, 0) is 43.2 Å². The molecule has 3 rings (SSSR count). The summed E-state index contributed by atoms with van der Waals surface area (Å²) in [5.74, 6) is 0.0653. The Bertz CT molecular complexity index is 1130. The molecule has 0 spiro atoms. The van der Waals surface area contributed by atoms with Gasteiger partial charge in [-0.25, -0.2) is 4.98 Å². The van der Waals surface area contributed by atoms with Crippen molar-refractivity contribution in [2.75, 3.05) is 17.7 Å². The zero-order chi connectivity index (χ0) is 21.8. The summed E-state index contributed by atoms with van der Waals surface area (Å²) in [6.07, 6.45) is 1.09. The van der Waals surface area contributed by atoms with Crippen LogP contribution < -0.4 is 21.1 Å². The fraction of sp³-hybridized carbons (Fsp3) is 0.150. The van der Waals surface area contributed by atoms with Gasteiger partial charge in [0, 0.05) is 11.8 Å². The Morgan fingerprint density at radius 3 is 2.60 bits per heavy atom. The fourth-order valence-electron chi connectivity index (χ4n) is 2.84. The monoisotopic (exact) mass is 408 g/mol. The Labute approximate surface area is 172 Å². The number of para-hydroxylation sites is 1. The average Bonchev–Trinajstić information content (AvgIpc) is 2.70. The van der Waals surface area contributed by atoms with Gasteiger partial charge in [0.2, 0.25) is 11.8 Å². The van der Waals surface area contributed by atoms with Gasteiger partial charge in [0.15, 0.2) is 0 Å². The highest BCUT2D eigenvalue weighted by atomic mass is 16.6. The van der Waals surface area contributed by atoms with Gasteiger partial charge in [-0.1, -0.05) is 12.1 Å². The van der Waals surface area contributed by atoms with Gasteiger partial charge in [-0.3, -0.25) is 14.9 Å². The van der Waals surface area contributed by atoms with Gasteiger partial charge < -0.3 is 21.1 Å². The molecule has 1 amide bonds. The van der Waals surface area contributed by atoms with Crippen LogP contribution in [0.5, 0.6) is 5.75 Å². The Balaban J connectivity index is 1.99. The Hall–Kier alpha value is -4.21. The van der Waals surface area contributed by atoms with Crippen molar-refractivity contribution in [1.82, 2.24) is 9.97 Å². The molecule has 0 bridgehead atoms. The number of ether oxygens (including phenoxy) is 1. The van der Waals surface area contributed by atoms with Gasteiger partial charge in [-0.2, -0.15) is 4.98 Å². The Kier molecular flexibility index (Phi) is 5.77. The molecule has 30 heavy (non-hydrogen) atoms. The van der Waals surface area contributed by atoms with Crippen LogP contribution in [0.2, 0.25) is 0 Å². The van der Waals surface area contributed by atoms with Crippen LogP contribution in [0.15, 0.2) is 42.6 Å². The summed E-state index contributed by atoms with van der Waals surface area (Å²) in [6.45, 7) is 3.88. The molecule has 2 aromatic carbocycles. The van der Waals surface area contributed by atoms with Crippen LogP contribution in [0, 0.1) is 24.0 Å². The van der Waals surface area contributed by atoms with Crippen molar-refractivity contribution < 1.29 is 14.5 Å². The second-order valence-corrected chi connectivity index (χ2v) is 6.46. The molecule has 0 aliphatic heterocycles. The van der Waals surface area contributed by atoms with E-state index in [9.17, 15) is 14.9 Å². The van der Waals surface area contributed by atoms with E-state index in [4.69, 9.17) is 10.5 Å². The highest BCUT2D eigenvalue weighted by molar-refractivity contribution is 5.99. The van der Waals surface area contributed by atoms with Crippen LogP contribution in [0.1, 0.15) is 21.5 Å². The molecule has 10 heteroatoms. The van der Waals surface area contributed by atoms with Gasteiger partial charge in [0.1, 0.15) is 11.9 Å². The molecule has 0 radical (unpaired) electrons. The predicted molar refractivity (Wildman–Crippen MR) is 113 cm³/mol. The maximum atomic E-state index is 11.7. The van der Waals surface area contributed by atoms with Crippen molar-refractivity contribution in [3.05, 3.63) is 69.4 Å². The smallest absolute Gasteiger partial charge is 0.329 e. The number of aryl methyl sites for hydroxylation is 1. The van der Waals surface area contributed by atoms with Crippen molar-refractivity contribution in [3.63, 3.8) is 0 Å². The van der Waals surface area contributed by atoms with E-state index in [1.807, 2.05) is 19.9 Å². The summed E-state index contributed by atoms with van der Waals surface area (Å²) < 4.78 is 5.37. The van der Waals surface area contributed by atoms with Crippen LogP contribution in [-0.4, -0.2) is 27.9 Å². The van der Waals surface area contributed by atoms with E-state index < -0.39 is 10.8 Å². The van der Waals surface area contributed by atoms with E-state index in [0.717, 1.165) is 17.3 Å². The van der Waals surface area contributed by atoms with Gasteiger partial charge in [-0.15, -0.1) is 0 Å². The maximum Gasteiger partial charge on any atom is 0.329 e. The second kappa shape index (κ2) is 8.43. The largest absolute Gasteiger partial charge is 0.496 e.